The summed E-state index contributed by atoms with van der Waals surface area (Å²) in [5.41, 5.74) is 3.42. The summed E-state index contributed by atoms with van der Waals surface area (Å²) in [6.45, 7) is 5.66. The lowest BCUT2D eigenvalue weighted by Crippen LogP contribution is -2.29. The fourth-order valence-corrected chi connectivity index (χ4v) is 2.86. The van der Waals surface area contributed by atoms with Crippen molar-refractivity contribution in [3.63, 3.8) is 0 Å². The zero-order valence-electron chi connectivity index (χ0n) is 12.5. The summed E-state index contributed by atoms with van der Waals surface area (Å²) in [4.78, 5) is 13.9. The van der Waals surface area contributed by atoms with Gasteiger partial charge in [-0.1, -0.05) is 5.21 Å². The van der Waals surface area contributed by atoms with Crippen LogP contribution in [0.2, 0.25) is 0 Å². The van der Waals surface area contributed by atoms with Crippen LogP contribution in [-0.4, -0.2) is 33.9 Å². The Morgan fingerprint density at radius 1 is 1.05 bits per heavy atom. The number of hydrogen-bond acceptors (Lipinski definition) is 4. The van der Waals surface area contributed by atoms with Crippen molar-refractivity contribution in [2.45, 2.75) is 33.1 Å². The topological polar surface area (TPSA) is 51.0 Å². The molecular weight excluding hydrogens is 264 g/mol. The van der Waals surface area contributed by atoms with Gasteiger partial charge in [-0.2, -0.15) is 0 Å². The van der Waals surface area contributed by atoms with Gasteiger partial charge in [0.2, 0.25) is 0 Å². The first-order valence-electron chi connectivity index (χ1n) is 7.45. The van der Waals surface area contributed by atoms with Crippen LogP contribution in [0.15, 0.2) is 24.3 Å². The second-order valence-electron chi connectivity index (χ2n) is 5.56. The van der Waals surface area contributed by atoms with E-state index < -0.39 is 0 Å². The highest BCUT2D eigenvalue weighted by molar-refractivity contribution is 5.93. The molecule has 0 bridgehead atoms. The van der Waals surface area contributed by atoms with Crippen LogP contribution >= 0.6 is 0 Å². The zero-order valence-corrected chi connectivity index (χ0v) is 12.5. The molecule has 1 saturated heterocycles. The fourth-order valence-electron chi connectivity index (χ4n) is 2.86. The van der Waals surface area contributed by atoms with Crippen LogP contribution < -0.4 is 4.90 Å². The van der Waals surface area contributed by atoms with Gasteiger partial charge in [0.15, 0.2) is 11.5 Å². The minimum Gasteiger partial charge on any atom is -0.372 e. The highest BCUT2D eigenvalue weighted by Crippen LogP contribution is 2.22. The number of carbonyl (C=O) groups is 1. The Morgan fingerprint density at radius 2 is 1.67 bits per heavy atom. The lowest BCUT2D eigenvalue weighted by atomic mass is 10.1. The van der Waals surface area contributed by atoms with Gasteiger partial charge in [0.05, 0.1) is 11.4 Å². The summed E-state index contributed by atoms with van der Waals surface area (Å²) < 4.78 is 1.72. The maximum atomic E-state index is 11.4. The average molecular weight is 284 g/mol. The summed E-state index contributed by atoms with van der Waals surface area (Å²) in [5.74, 6) is -0.0521. The molecule has 5 nitrogen and oxygen atoms in total. The van der Waals surface area contributed by atoms with Crippen molar-refractivity contribution in [3.8, 4) is 5.69 Å². The number of piperidine rings is 1. The summed E-state index contributed by atoms with van der Waals surface area (Å²) in [7, 11) is 0. The van der Waals surface area contributed by atoms with Crippen LogP contribution in [0.3, 0.4) is 0 Å². The average Bonchev–Trinajstić information content (AvgIpc) is 2.90. The van der Waals surface area contributed by atoms with Crippen molar-refractivity contribution < 1.29 is 4.79 Å². The molecule has 2 heterocycles. The van der Waals surface area contributed by atoms with Crippen molar-refractivity contribution in [3.05, 3.63) is 35.7 Å². The number of aromatic nitrogens is 3. The molecule has 21 heavy (non-hydrogen) atoms. The molecule has 1 aliphatic rings. The molecule has 0 radical (unpaired) electrons. The first-order chi connectivity index (χ1) is 10.2. The lowest BCUT2D eigenvalue weighted by Gasteiger charge is -2.28. The molecule has 0 N–H and O–H groups in total. The van der Waals surface area contributed by atoms with Crippen molar-refractivity contribution in [1.82, 2.24) is 15.0 Å². The Balaban J connectivity index is 1.85. The first-order valence-corrected chi connectivity index (χ1v) is 7.45. The Hall–Kier alpha value is -2.17. The van der Waals surface area contributed by atoms with Crippen LogP contribution in [0.25, 0.3) is 5.69 Å². The highest BCUT2D eigenvalue weighted by atomic mass is 16.1. The summed E-state index contributed by atoms with van der Waals surface area (Å²) in [6.07, 6.45) is 3.87. The number of hydrogen-bond donors (Lipinski definition) is 0. The Labute approximate surface area is 124 Å². The number of carbonyl (C=O) groups excluding carboxylic acids is 1. The van der Waals surface area contributed by atoms with Crippen LogP contribution in [0.5, 0.6) is 0 Å². The summed E-state index contributed by atoms with van der Waals surface area (Å²) in [6, 6.07) is 8.31. The highest BCUT2D eigenvalue weighted by Gasteiger charge is 2.14. The maximum Gasteiger partial charge on any atom is 0.181 e. The summed E-state index contributed by atoms with van der Waals surface area (Å²) in [5, 5.41) is 8.04. The molecule has 1 aromatic carbocycles. The standard InChI is InChI=1S/C16H20N4O/c1-12-16(13(2)21)17-18-20(12)15-8-6-14(7-9-15)19-10-4-3-5-11-19/h6-9H,3-5,10-11H2,1-2H3. The second kappa shape index (κ2) is 5.68. The third kappa shape index (κ3) is 2.68. The summed E-state index contributed by atoms with van der Waals surface area (Å²) >= 11 is 0. The number of benzene rings is 1. The SMILES string of the molecule is CC(=O)c1nnn(-c2ccc(N3CCCCC3)cc2)c1C. The van der Waals surface area contributed by atoms with E-state index in [-0.39, 0.29) is 5.78 Å². The van der Waals surface area contributed by atoms with Crippen LogP contribution in [0, 0.1) is 6.92 Å². The van der Waals surface area contributed by atoms with E-state index in [0.29, 0.717) is 5.69 Å². The predicted molar refractivity (Wildman–Crippen MR) is 82.2 cm³/mol. The van der Waals surface area contributed by atoms with E-state index in [1.54, 1.807) is 4.68 Å². The Morgan fingerprint density at radius 3 is 2.24 bits per heavy atom. The predicted octanol–water partition coefficient (Wildman–Crippen LogP) is 2.77. The van der Waals surface area contributed by atoms with Crippen molar-refractivity contribution in [1.29, 1.82) is 0 Å². The normalized spacial score (nSPS) is 15.2. The van der Waals surface area contributed by atoms with Crippen LogP contribution in [0.4, 0.5) is 5.69 Å². The van der Waals surface area contributed by atoms with Crippen LogP contribution in [-0.2, 0) is 0 Å². The number of ketones is 1. The van der Waals surface area contributed by atoms with Crippen LogP contribution in [0.1, 0.15) is 42.4 Å². The molecule has 1 aromatic heterocycles. The van der Waals surface area contributed by atoms with Gasteiger partial charge in [-0.15, -0.1) is 5.10 Å². The zero-order chi connectivity index (χ0) is 14.8. The molecular formula is C16H20N4O. The van der Waals surface area contributed by atoms with E-state index >= 15 is 0 Å². The molecule has 0 atom stereocenters. The largest absolute Gasteiger partial charge is 0.372 e. The molecule has 2 aromatic rings. The Kier molecular flexibility index (Phi) is 3.73. The molecule has 0 aliphatic carbocycles. The van der Waals surface area contributed by atoms with E-state index in [1.165, 1.54) is 31.9 Å². The first kappa shape index (κ1) is 13.8. The number of nitrogens with zero attached hydrogens (tertiary/aromatic N) is 4. The molecule has 1 aliphatic heterocycles. The van der Waals surface area contributed by atoms with E-state index in [9.17, 15) is 4.79 Å². The van der Waals surface area contributed by atoms with Gasteiger partial charge in [-0.05, 0) is 50.5 Å². The third-order valence-electron chi connectivity index (χ3n) is 4.04. The van der Waals surface area contributed by atoms with Gasteiger partial charge in [-0.3, -0.25) is 4.79 Å². The molecule has 110 valence electrons. The van der Waals surface area contributed by atoms with Gasteiger partial charge >= 0.3 is 0 Å². The van der Waals surface area contributed by atoms with E-state index in [2.05, 4.69) is 27.3 Å². The minimum absolute atomic E-state index is 0.0521. The van der Waals surface area contributed by atoms with Gasteiger partial charge < -0.3 is 4.90 Å². The molecule has 0 unspecified atom stereocenters. The quantitative estimate of drug-likeness (QED) is 0.813. The second-order valence-corrected chi connectivity index (χ2v) is 5.56. The fraction of sp³-hybridized carbons (Fsp3) is 0.438. The Bertz CT molecular complexity index is 639. The number of anilines is 1. The molecule has 3 rings (SSSR count). The third-order valence-corrected chi connectivity index (χ3v) is 4.04. The molecule has 0 spiro atoms. The molecule has 0 saturated carbocycles. The van der Waals surface area contributed by atoms with Crippen molar-refractivity contribution in [2.24, 2.45) is 0 Å². The van der Waals surface area contributed by atoms with E-state index in [0.717, 1.165) is 24.5 Å². The number of rotatable bonds is 3. The van der Waals surface area contributed by atoms with E-state index in [4.69, 9.17) is 0 Å². The van der Waals surface area contributed by atoms with Gasteiger partial charge in [0.25, 0.3) is 0 Å². The number of Topliss-reactive ketones (excluding diaryl/α,β-unsaturated/α-hetero) is 1. The molecule has 5 heteroatoms. The van der Waals surface area contributed by atoms with Crippen molar-refractivity contribution >= 4 is 11.5 Å². The van der Waals surface area contributed by atoms with Gasteiger partial charge in [0, 0.05) is 25.7 Å². The maximum absolute atomic E-state index is 11.4. The molecule has 1 fully saturated rings. The van der Waals surface area contributed by atoms with Gasteiger partial charge in [-0.25, -0.2) is 4.68 Å². The van der Waals surface area contributed by atoms with Crippen molar-refractivity contribution in [2.75, 3.05) is 18.0 Å². The lowest BCUT2D eigenvalue weighted by molar-refractivity contribution is 0.101. The van der Waals surface area contributed by atoms with E-state index in [1.807, 2.05) is 19.1 Å². The monoisotopic (exact) mass is 284 g/mol. The van der Waals surface area contributed by atoms with Gasteiger partial charge in [0.1, 0.15) is 0 Å². The minimum atomic E-state index is -0.0521. The smallest absolute Gasteiger partial charge is 0.181 e. The molecule has 0 amide bonds.